The number of carbonyl (C=O) groups is 3. The van der Waals surface area contributed by atoms with E-state index < -0.39 is 5.97 Å². The summed E-state index contributed by atoms with van der Waals surface area (Å²) in [5, 5.41) is 11.2. The van der Waals surface area contributed by atoms with Gasteiger partial charge in [-0.3, -0.25) is 15.0 Å². The van der Waals surface area contributed by atoms with Crippen molar-refractivity contribution < 1.29 is 24.2 Å². The first-order chi connectivity index (χ1) is 21.2. The molecule has 0 atom stereocenters. The molecule has 1 aliphatic heterocycles. The first kappa shape index (κ1) is 33.4. The normalized spacial score (nSPS) is 12.6. The summed E-state index contributed by atoms with van der Waals surface area (Å²) in [7, 11) is 1.38. The number of nitrogens with one attached hydrogen (secondary N) is 1. The lowest BCUT2D eigenvalue weighted by Crippen LogP contribution is -2.39. The van der Waals surface area contributed by atoms with Crippen LogP contribution >= 0.6 is 24.0 Å². The molecule has 4 aromatic rings. The minimum absolute atomic E-state index is 0. The molecule has 4 aromatic carbocycles. The molecule has 10 heteroatoms. The molecule has 234 valence electrons. The molecule has 0 aliphatic carbocycles. The van der Waals surface area contributed by atoms with Crippen molar-refractivity contribution in [2.24, 2.45) is 0 Å². The summed E-state index contributed by atoms with van der Waals surface area (Å²) in [5.74, 6) is -1.33. The number of methoxy groups -OCH3 is 1. The maximum Gasteiger partial charge on any atom is 0.339 e. The number of hydrazine groups is 1. The van der Waals surface area contributed by atoms with Crippen molar-refractivity contribution in [3.8, 4) is 16.9 Å². The van der Waals surface area contributed by atoms with E-state index in [2.05, 4.69) is 10.3 Å². The van der Waals surface area contributed by atoms with E-state index in [1.54, 1.807) is 13.0 Å². The van der Waals surface area contributed by atoms with E-state index in [0.29, 0.717) is 22.5 Å². The van der Waals surface area contributed by atoms with Crippen LogP contribution in [0, 0.1) is 0 Å². The largest absolute Gasteiger partial charge is 0.496 e. The summed E-state index contributed by atoms with van der Waals surface area (Å²) in [6.07, 6.45) is 3.22. The minimum Gasteiger partial charge on any atom is -0.496 e. The van der Waals surface area contributed by atoms with Gasteiger partial charge in [0.05, 0.1) is 30.6 Å². The van der Waals surface area contributed by atoms with Gasteiger partial charge in [-0.1, -0.05) is 54.1 Å². The first-order valence-corrected chi connectivity index (χ1v) is 14.9. The molecule has 1 amide bonds. The van der Waals surface area contributed by atoms with Crippen LogP contribution in [0.25, 0.3) is 11.1 Å². The van der Waals surface area contributed by atoms with E-state index in [1.165, 1.54) is 30.7 Å². The van der Waals surface area contributed by atoms with E-state index in [9.17, 15) is 19.5 Å². The summed E-state index contributed by atoms with van der Waals surface area (Å²) in [5.41, 5.74) is 8.50. The molecule has 2 N–H and O–H groups in total. The Morgan fingerprint density at radius 2 is 1.62 bits per heavy atom. The van der Waals surface area contributed by atoms with Crippen LogP contribution in [-0.2, 0) is 11.2 Å². The quantitative estimate of drug-likeness (QED) is 0.133. The maximum atomic E-state index is 14.1. The number of Topliss-reactive ketones (excluding diaryl/α,β-unsaturated/α-hetero) is 1. The third kappa shape index (κ3) is 7.77. The molecule has 5 rings (SSSR count). The third-order valence-corrected chi connectivity index (χ3v) is 8.09. The summed E-state index contributed by atoms with van der Waals surface area (Å²) in [4.78, 5) is 40.0. The zero-order chi connectivity index (χ0) is 31.2. The molecule has 0 aromatic heterocycles. The number of hydrogen-bond acceptors (Lipinski definition) is 6. The van der Waals surface area contributed by atoms with Crippen molar-refractivity contribution in [2.45, 2.75) is 32.6 Å². The number of hydrogen-bond donors (Lipinski definition) is 2. The second-order valence-corrected chi connectivity index (χ2v) is 11.1. The highest BCUT2D eigenvalue weighted by molar-refractivity contribution is 6.32. The molecule has 1 saturated heterocycles. The molecule has 1 heterocycles. The summed E-state index contributed by atoms with van der Waals surface area (Å²) < 4.78 is 5.29. The number of nitrogens with zero attached hydrogens (tertiary/aromatic N) is 2. The van der Waals surface area contributed by atoms with E-state index in [-0.39, 0.29) is 46.9 Å². The fraction of sp³-hybridized carbons (Fsp3) is 0.229. The zero-order valence-corrected chi connectivity index (χ0v) is 26.7. The smallest absolute Gasteiger partial charge is 0.339 e. The average molecular weight is 649 g/mol. The van der Waals surface area contributed by atoms with Gasteiger partial charge in [0.15, 0.2) is 5.78 Å². The molecule has 1 fully saturated rings. The molecular formula is C35H35Cl2N3O5. The molecule has 8 nitrogen and oxygen atoms in total. The topological polar surface area (TPSA) is 99.2 Å². The zero-order valence-electron chi connectivity index (χ0n) is 25.1. The molecule has 45 heavy (non-hydrogen) atoms. The minimum atomic E-state index is -1.17. The lowest BCUT2D eigenvalue weighted by Gasteiger charge is -2.34. The lowest BCUT2D eigenvalue weighted by molar-refractivity contribution is -0.117. The van der Waals surface area contributed by atoms with E-state index in [4.69, 9.17) is 16.3 Å². The Labute approximate surface area is 273 Å². The number of para-hydroxylation sites is 2. The highest BCUT2D eigenvalue weighted by Gasteiger charge is 2.25. The van der Waals surface area contributed by atoms with Crippen LogP contribution in [-0.4, -0.2) is 43.0 Å². The standard InChI is InChI=1S/C35H34ClN3O5.ClH/c1-23(40)25-9-8-10-26(19-25)24-13-15-28(16-14-24)37-39(32-12-5-4-11-31(32)38-17-6-3-7-18-38)34(41)21-27-20-33(44-2)29(35(42)43)22-30(27)36;/h4-5,8-16,19-20,22,37H,3,6-7,17-18,21H2,1-2H3,(H,42,43);1H. The number of anilines is 3. The predicted octanol–water partition coefficient (Wildman–Crippen LogP) is 7.93. The van der Waals surface area contributed by atoms with Gasteiger partial charge in [-0.2, -0.15) is 0 Å². The number of carboxylic acids is 1. The molecule has 0 spiro atoms. The van der Waals surface area contributed by atoms with Crippen LogP contribution in [0.2, 0.25) is 5.02 Å². The van der Waals surface area contributed by atoms with Crippen molar-refractivity contribution >= 4 is 58.7 Å². The highest BCUT2D eigenvalue weighted by Crippen LogP contribution is 2.34. The van der Waals surface area contributed by atoms with Gasteiger partial charge in [0, 0.05) is 23.7 Å². The molecule has 0 saturated carbocycles. The van der Waals surface area contributed by atoms with Crippen molar-refractivity contribution in [3.63, 3.8) is 0 Å². The number of carbonyl (C=O) groups excluding carboxylic acids is 2. The molecule has 0 radical (unpaired) electrons. The van der Waals surface area contributed by atoms with Gasteiger partial charge in [0.1, 0.15) is 11.3 Å². The number of benzene rings is 4. The van der Waals surface area contributed by atoms with Crippen LogP contribution in [0.4, 0.5) is 17.1 Å². The van der Waals surface area contributed by atoms with Gasteiger partial charge in [0.2, 0.25) is 5.91 Å². The summed E-state index contributed by atoms with van der Waals surface area (Å²) in [6.45, 7) is 3.34. The number of ketones is 1. The van der Waals surface area contributed by atoms with Gasteiger partial charge in [0.25, 0.3) is 0 Å². The number of ether oxygens (including phenoxy) is 1. The highest BCUT2D eigenvalue weighted by atomic mass is 35.5. The monoisotopic (exact) mass is 647 g/mol. The molecular weight excluding hydrogens is 613 g/mol. The van der Waals surface area contributed by atoms with Crippen molar-refractivity contribution in [1.29, 1.82) is 0 Å². The summed E-state index contributed by atoms with van der Waals surface area (Å²) in [6, 6.07) is 25.7. The molecule has 0 unspecified atom stereocenters. The fourth-order valence-electron chi connectivity index (χ4n) is 5.41. The molecule has 1 aliphatic rings. The van der Waals surface area contributed by atoms with Crippen LogP contribution in [0.3, 0.4) is 0 Å². The maximum absolute atomic E-state index is 14.1. The number of aromatic carboxylic acids is 1. The van der Waals surface area contributed by atoms with Gasteiger partial charge in [-0.25, -0.2) is 9.80 Å². The number of amides is 1. The Morgan fingerprint density at radius 3 is 2.29 bits per heavy atom. The van der Waals surface area contributed by atoms with Crippen molar-refractivity contribution in [2.75, 3.05) is 35.5 Å². The van der Waals surface area contributed by atoms with Gasteiger partial charge >= 0.3 is 5.97 Å². The predicted molar refractivity (Wildman–Crippen MR) is 181 cm³/mol. The van der Waals surface area contributed by atoms with Gasteiger partial charge < -0.3 is 14.7 Å². The second kappa shape index (κ2) is 15.0. The van der Waals surface area contributed by atoms with E-state index >= 15 is 0 Å². The van der Waals surface area contributed by atoms with Crippen LogP contribution in [0.5, 0.6) is 5.75 Å². The van der Waals surface area contributed by atoms with Gasteiger partial charge in [-0.05, 0) is 85.3 Å². The number of piperidine rings is 1. The van der Waals surface area contributed by atoms with Crippen LogP contribution < -0.4 is 20.1 Å². The average Bonchev–Trinajstić information content (AvgIpc) is 3.05. The first-order valence-electron chi connectivity index (χ1n) is 14.5. The second-order valence-electron chi connectivity index (χ2n) is 10.7. The summed E-state index contributed by atoms with van der Waals surface area (Å²) >= 11 is 6.48. The van der Waals surface area contributed by atoms with Crippen molar-refractivity contribution in [1.82, 2.24) is 0 Å². The lowest BCUT2D eigenvalue weighted by atomic mass is 10.0. The Balaban J connectivity index is 0.00000461. The van der Waals surface area contributed by atoms with E-state index in [0.717, 1.165) is 42.7 Å². The van der Waals surface area contributed by atoms with Crippen LogP contribution in [0.1, 0.15) is 52.5 Å². The van der Waals surface area contributed by atoms with Crippen LogP contribution in [0.15, 0.2) is 84.9 Å². The Kier molecular flexibility index (Phi) is 11.1. The third-order valence-electron chi connectivity index (χ3n) is 7.74. The van der Waals surface area contributed by atoms with E-state index in [1.807, 2.05) is 66.7 Å². The number of carboxylic acid groups (broad SMARTS) is 1. The Morgan fingerprint density at radius 1 is 0.911 bits per heavy atom. The fourth-order valence-corrected chi connectivity index (χ4v) is 5.64. The number of halogens is 2. The number of rotatable bonds is 10. The van der Waals surface area contributed by atoms with Gasteiger partial charge in [-0.15, -0.1) is 12.4 Å². The molecule has 0 bridgehead atoms. The van der Waals surface area contributed by atoms with Crippen molar-refractivity contribution in [3.05, 3.63) is 107 Å². The SMILES string of the molecule is COc1cc(CC(=O)N(Nc2ccc(-c3cccc(C(C)=O)c3)cc2)c2ccccc2N2CCCCC2)c(Cl)cc1C(=O)O.Cl. The Bertz CT molecular complexity index is 1690. The Hall–Kier alpha value is -4.53.